The molecule has 2 N–H and O–H groups in total. The van der Waals surface area contributed by atoms with E-state index in [1.54, 1.807) is 7.11 Å². The molecule has 1 aromatic heterocycles. The van der Waals surface area contributed by atoms with Crippen LogP contribution in [-0.2, 0) is 16.1 Å². The molecule has 0 fully saturated rings. The molecule has 0 atom stereocenters. The van der Waals surface area contributed by atoms with Crippen LogP contribution in [0.2, 0.25) is 0 Å². The van der Waals surface area contributed by atoms with Crippen LogP contribution in [0.3, 0.4) is 0 Å². The third-order valence-electron chi connectivity index (χ3n) is 2.71. The lowest BCUT2D eigenvalue weighted by Gasteiger charge is -2.11. The van der Waals surface area contributed by atoms with E-state index in [1.807, 2.05) is 0 Å². The summed E-state index contributed by atoms with van der Waals surface area (Å²) in [5.41, 5.74) is 0.724. The van der Waals surface area contributed by atoms with Crippen molar-refractivity contribution in [3.05, 3.63) is 11.9 Å². The van der Waals surface area contributed by atoms with Crippen molar-refractivity contribution < 1.29 is 19.0 Å². The minimum absolute atomic E-state index is 0.0252. The summed E-state index contributed by atoms with van der Waals surface area (Å²) in [4.78, 5) is 19.5. The zero-order valence-electron chi connectivity index (χ0n) is 12.6. The summed E-state index contributed by atoms with van der Waals surface area (Å²) in [6.07, 6.45) is 1.76. The number of aromatic nitrogens is 2. The van der Waals surface area contributed by atoms with Gasteiger partial charge in [0, 0.05) is 33.2 Å². The van der Waals surface area contributed by atoms with Gasteiger partial charge in [-0.2, -0.15) is 0 Å². The molecule has 0 aliphatic carbocycles. The second-order valence-electron chi connectivity index (χ2n) is 4.14. The van der Waals surface area contributed by atoms with Crippen molar-refractivity contribution in [2.45, 2.75) is 13.0 Å². The van der Waals surface area contributed by atoms with Gasteiger partial charge in [-0.25, -0.2) is 9.97 Å². The third kappa shape index (κ3) is 5.92. The van der Waals surface area contributed by atoms with E-state index in [0.29, 0.717) is 44.4 Å². The topological polar surface area (TPSA) is 94.6 Å². The molecule has 0 spiro atoms. The predicted octanol–water partition coefficient (Wildman–Crippen LogP) is -0.264. The quantitative estimate of drug-likeness (QED) is 0.574. The molecule has 0 aromatic carbocycles. The number of amides is 1. The minimum atomic E-state index is -0.0252. The smallest absolute Gasteiger partial charge is 0.224 e. The van der Waals surface area contributed by atoms with Gasteiger partial charge in [-0.05, 0) is 0 Å². The molecule has 118 valence electrons. The fraction of sp³-hybridized carbons (Fsp3) is 0.615. The number of ether oxygens (including phenoxy) is 3. The summed E-state index contributed by atoms with van der Waals surface area (Å²) in [7, 11) is 4.67. The Morgan fingerprint density at radius 2 is 1.81 bits per heavy atom. The number of hydrogen-bond donors (Lipinski definition) is 2. The number of carbonyl (C=O) groups is 1. The van der Waals surface area contributed by atoms with Crippen molar-refractivity contribution in [2.24, 2.45) is 0 Å². The van der Waals surface area contributed by atoms with Crippen molar-refractivity contribution in [1.29, 1.82) is 0 Å². The summed E-state index contributed by atoms with van der Waals surface area (Å²) >= 11 is 0. The molecule has 21 heavy (non-hydrogen) atoms. The lowest BCUT2D eigenvalue weighted by atomic mass is 10.3. The summed E-state index contributed by atoms with van der Waals surface area (Å²) in [6, 6.07) is 0. The van der Waals surface area contributed by atoms with E-state index < -0.39 is 0 Å². The van der Waals surface area contributed by atoms with Crippen LogP contribution in [-0.4, -0.2) is 56.9 Å². The molecular formula is C13H22N4O4. The van der Waals surface area contributed by atoms with Crippen LogP contribution in [0.25, 0.3) is 0 Å². The number of rotatable bonds is 10. The van der Waals surface area contributed by atoms with Gasteiger partial charge in [0.2, 0.25) is 17.7 Å². The Labute approximate surface area is 124 Å². The van der Waals surface area contributed by atoms with Gasteiger partial charge >= 0.3 is 0 Å². The standard InChI is InChI=1S/C13H22N4O4/c1-19-7-6-15-11(18)4-5-14-8-10-12(20-2)16-9-17-13(10)21-3/h9,14H,4-8H2,1-3H3,(H,15,18). The number of methoxy groups -OCH3 is 3. The zero-order chi connectivity index (χ0) is 15.5. The van der Waals surface area contributed by atoms with Gasteiger partial charge in [-0.15, -0.1) is 0 Å². The molecular weight excluding hydrogens is 276 g/mol. The Morgan fingerprint density at radius 3 is 2.38 bits per heavy atom. The number of carbonyl (C=O) groups excluding carboxylic acids is 1. The fourth-order valence-corrected chi connectivity index (χ4v) is 1.68. The van der Waals surface area contributed by atoms with E-state index in [1.165, 1.54) is 20.5 Å². The van der Waals surface area contributed by atoms with Crippen molar-refractivity contribution in [3.63, 3.8) is 0 Å². The van der Waals surface area contributed by atoms with E-state index in [-0.39, 0.29) is 5.91 Å². The Hall–Kier alpha value is -1.93. The third-order valence-corrected chi connectivity index (χ3v) is 2.71. The molecule has 0 saturated carbocycles. The van der Waals surface area contributed by atoms with Gasteiger partial charge in [0.15, 0.2) is 0 Å². The van der Waals surface area contributed by atoms with Crippen molar-refractivity contribution in [1.82, 2.24) is 20.6 Å². The number of hydrogen-bond acceptors (Lipinski definition) is 7. The van der Waals surface area contributed by atoms with Crippen molar-refractivity contribution in [2.75, 3.05) is 41.0 Å². The highest BCUT2D eigenvalue weighted by Crippen LogP contribution is 2.22. The highest BCUT2D eigenvalue weighted by molar-refractivity contribution is 5.76. The molecule has 8 nitrogen and oxygen atoms in total. The molecule has 0 aliphatic rings. The summed E-state index contributed by atoms with van der Waals surface area (Å²) < 4.78 is 15.2. The molecule has 1 heterocycles. The first kappa shape index (κ1) is 17.1. The highest BCUT2D eigenvalue weighted by atomic mass is 16.5. The molecule has 1 rings (SSSR count). The maximum atomic E-state index is 11.5. The molecule has 0 bridgehead atoms. The van der Waals surface area contributed by atoms with E-state index in [2.05, 4.69) is 20.6 Å². The minimum Gasteiger partial charge on any atom is -0.481 e. The molecule has 0 radical (unpaired) electrons. The zero-order valence-corrected chi connectivity index (χ0v) is 12.6. The number of nitrogens with zero attached hydrogens (tertiary/aromatic N) is 2. The van der Waals surface area contributed by atoms with Gasteiger partial charge < -0.3 is 24.8 Å². The highest BCUT2D eigenvalue weighted by Gasteiger charge is 2.12. The molecule has 0 unspecified atom stereocenters. The molecule has 1 aromatic rings. The average Bonchev–Trinajstić information content (AvgIpc) is 2.51. The molecule has 1 amide bonds. The summed E-state index contributed by atoms with van der Waals surface area (Å²) in [6.45, 7) is 2.01. The van der Waals surface area contributed by atoms with Gasteiger partial charge in [0.1, 0.15) is 6.33 Å². The number of nitrogens with one attached hydrogen (secondary N) is 2. The van der Waals surface area contributed by atoms with Crippen LogP contribution < -0.4 is 20.1 Å². The second-order valence-corrected chi connectivity index (χ2v) is 4.14. The largest absolute Gasteiger partial charge is 0.481 e. The van der Waals surface area contributed by atoms with Gasteiger partial charge in [-0.1, -0.05) is 0 Å². The van der Waals surface area contributed by atoms with Gasteiger partial charge in [0.25, 0.3) is 0 Å². The second kappa shape index (κ2) is 9.89. The van der Waals surface area contributed by atoms with Crippen LogP contribution in [0.1, 0.15) is 12.0 Å². The lowest BCUT2D eigenvalue weighted by Crippen LogP contribution is -2.30. The van der Waals surface area contributed by atoms with Gasteiger partial charge in [0.05, 0.1) is 26.4 Å². The van der Waals surface area contributed by atoms with Crippen LogP contribution in [0.15, 0.2) is 6.33 Å². The Bertz CT molecular complexity index is 420. The molecule has 0 saturated heterocycles. The predicted molar refractivity (Wildman–Crippen MR) is 76.3 cm³/mol. The SMILES string of the molecule is COCCNC(=O)CCNCc1c(OC)ncnc1OC. The first-order chi connectivity index (χ1) is 10.2. The fourth-order valence-electron chi connectivity index (χ4n) is 1.68. The lowest BCUT2D eigenvalue weighted by molar-refractivity contribution is -0.121. The Balaban J connectivity index is 2.37. The summed E-state index contributed by atoms with van der Waals surface area (Å²) in [5, 5.41) is 5.89. The normalized spacial score (nSPS) is 10.2. The van der Waals surface area contributed by atoms with Crippen LogP contribution >= 0.6 is 0 Å². The maximum absolute atomic E-state index is 11.5. The van der Waals surface area contributed by atoms with Crippen molar-refractivity contribution >= 4 is 5.91 Å². The Kier molecular flexibility index (Phi) is 8.07. The summed E-state index contributed by atoms with van der Waals surface area (Å²) in [5.74, 6) is 0.889. The van der Waals surface area contributed by atoms with Crippen molar-refractivity contribution in [3.8, 4) is 11.8 Å². The van der Waals surface area contributed by atoms with E-state index in [4.69, 9.17) is 14.2 Å². The first-order valence-electron chi connectivity index (χ1n) is 6.61. The first-order valence-corrected chi connectivity index (χ1v) is 6.61. The van der Waals surface area contributed by atoms with Crippen LogP contribution in [0, 0.1) is 0 Å². The maximum Gasteiger partial charge on any atom is 0.224 e. The Morgan fingerprint density at radius 1 is 1.14 bits per heavy atom. The molecule has 0 aliphatic heterocycles. The van der Waals surface area contributed by atoms with Gasteiger partial charge in [-0.3, -0.25) is 4.79 Å². The molecule has 8 heteroatoms. The van der Waals surface area contributed by atoms with Crippen LogP contribution in [0.5, 0.6) is 11.8 Å². The van der Waals surface area contributed by atoms with Crippen LogP contribution in [0.4, 0.5) is 0 Å². The monoisotopic (exact) mass is 298 g/mol. The average molecular weight is 298 g/mol. The van der Waals surface area contributed by atoms with E-state index >= 15 is 0 Å². The van der Waals surface area contributed by atoms with E-state index in [9.17, 15) is 4.79 Å². The van der Waals surface area contributed by atoms with E-state index in [0.717, 1.165) is 5.56 Å².